The SMILES string of the molecule is Clc1ccc2c(c1)NCC1(CCCCCC1)N2. The summed E-state index contributed by atoms with van der Waals surface area (Å²) in [6.07, 6.45) is 8.02. The molecule has 2 N–H and O–H groups in total. The van der Waals surface area contributed by atoms with E-state index < -0.39 is 0 Å². The summed E-state index contributed by atoms with van der Waals surface area (Å²) in [5.41, 5.74) is 2.63. The molecule has 92 valence electrons. The fourth-order valence-corrected chi connectivity index (χ4v) is 3.25. The number of hydrogen-bond donors (Lipinski definition) is 2. The van der Waals surface area contributed by atoms with Crippen molar-refractivity contribution in [2.24, 2.45) is 0 Å². The maximum Gasteiger partial charge on any atom is 0.0591 e. The molecule has 0 aromatic heterocycles. The van der Waals surface area contributed by atoms with E-state index >= 15 is 0 Å². The van der Waals surface area contributed by atoms with Crippen molar-refractivity contribution in [1.82, 2.24) is 0 Å². The third-order valence-electron chi connectivity index (χ3n) is 4.06. The predicted molar refractivity (Wildman–Crippen MR) is 74.0 cm³/mol. The molecule has 3 heteroatoms. The van der Waals surface area contributed by atoms with Crippen LogP contribution >= 0.6 is 11.6 Å². The van der Waals surface area contributed by atoms with Gasteiger partial charge in [-0.2, -0.15) is 0 Å². The van der Waals surface area contributed by atoms with Crippen molar-refractivity contribution in [3.63, 3.8) is 0 Å². The topological polar surface area (TPSA) is 24.1 Å². The van der Waals surface area contributed by atoms with Crippen LogP contribution < -0.4 is 10.6 Å². The van der Waals surface area contributed by atoms with E-state index in [1.807, 2.05) is 12.1 Å². The number of anilines is 2. The van der Waals surface area contributed by atoms with Gasteiger partial charge >= 0.3 is 0 Å². The van der Waals surface area contributed by atoms with Crippen molar-refractivity contribution < 1.29 is 0 Å². The van der Waals surface area contributed by atoms with Crippen LogP contribution in [0.4, 0.5) is 11.4 Å². The Morgan fingerprint density at radius 2 is 1.76 bits per heavy atom. The molecular weight excluding hydrogens is 232 g/mol. The molecule has 2 aliphatic rings. The summed E-state index contributed by atoms with van der Waals surface area (Å²) in [7, 11) is 0. The van der Waals surface area contributed by atoms with Crippen LogP contribution in [0.15, 0.2) is 18.2 Å². The van der Waals surface area contributed by atoms with Crippen LogP contribution in [0, 0.1) is 0 Å². The Labute approximate surface area is 108 Å². The van der Waals surface area contributed by atoms with Crippen LogP contribution in [0.5, 0.6) is 0 Å². The zero-order chi connectivity index (χ0) is 11.7. The molecule has 1 aliphatic carbocycles. The first-order valence-corrected chi connectivity index (χ1v) is 6.97. The first-order valence-electron chi connectivity index (χ1n) is 6.59. The first kappa shape index (κ1) is 11.2. The minimum Gasteiger partial charge on any atom is -0.381 e. The van der Waals surface area contributed by atoms with Gasteiger partial charge in [-0.1, -0.05) is 37.3 Å². The van der Waals surface area contributed by atoms with Crippen LogP contribution in [0.25, 0.3) is 0 Å². The molecule has 0 bridgehead atoms. The quantitative estimate of drug-likeness (QED) is 0.719. The molecule has 0 saturated heterocycles. The first-order chi connectivity index (χ1) is 8.27. The third-order valence-corrected chi connectivity index (χ3v) is 4.29. The maximum absolute atomic E-state index is 6.01. The van der Waals surface area contributed by atoms with Gasteiger partial charge in [-0.15, -0.1) is 0 Å². The lowest BCUT2D eigenvalue weighted by molar-refractivity contribution is 0.423. The average Bonchev–Trinajstić information content (AvgIpc) is 2.56. The van der Waals surface area contributed by atoms with E-state index in [-0.39, 0.29) is 5.54 Å². The minimum absolute atomic E-state index is 0.275. The van der Waals surface area contributed by atoms with Crippen LogP contribution in [0.2, 0.25) is 5.02 Å². The summed E-state index contributed by atoms with van der Waals surface area (Å²) in [6, 6.07) is 6.06. The van der Waals surface area contributed by atoms with Gasteiger partial charge < -0.3 is 10.6 Å². The molecule has 2 nitrogen and oxygen atoms in total. The lowest BCUT2D eigenvalue weighted by Crippen LogP contribution is -2.47. The third kappa shape index (κ3) is 2.23. The van der Waals surface area contributed by atoms with Crippen LogP contribution in [0.1, 0.15) is 38.5 Å². The van der Waals surface area contributed by atoms with Crippen molar-refractivity contribution in [3.05, 3.63) is 23.2 Å². The number of nitrogens with one attached hydrogen (secondary N) is 2. The standard InChI is InChI=1S/C14H19ClN2/c15-11-5-6-12-13(9-11)16-10-14(17-12)7-3-1-2-4-8-14/h5-6,9,16-17H,1-4,7-8,10H2. The number of fused-ring (bicyclic) bond motifs is 1. The number of benzene rings is 1. The number of rotatable bonds is 0. The highest BCUT2D eigenvalue weighted by atomic mass is 35.5. The van der Waals surface area contributed by atoms with Crippen LogP contribution in [-0.2, 0) is 0 Å². The smallest absolute Gasteiger partial charge is 0.0591 e. The maximum atomic E-state index is 6.01. The highest BCUT2D eigenvalue weighted by Crippen LogP contribution is 2.38. The van der Waals surface area contributed by atoms with Crippen molar-refractivity contribution in [3.8, 4) is 0 Å². The van der Waals surface area contributed by atoms with Gasteiger partial charge in [0.05, 0.1) is 16.9 Å². The Bertz CT molecular complexity index is 409. The zero-order valence-corrected chi connectivity index (χ0v) is 10.8. The second-order valence-corrected chi connectivity index (χ2v) is 5.80. The number of halogens is 1. The molecule has 1 aromatic carbocycles. The van der Waals surface area contributed by atoms with E-state index in [4.69, 9.17) is 11.6 Å². The molecule has 3 rings (SSSR count). The molecule has 1 fully saturated rings. The highest BCUT2D eigenvalue weighted by molar-refractivity contribution is 6.31. The van der Waals surface area contributed by atoms with Gasteiger partial charge in [-0.3, -0.25) is 0 Å². The van der Waals surface area contributed by atoms with Crippen LogP contribution in [-0.4, -0.2) is 12.1 Å². The summed E-state index contributed by atoms with van der Waals surface area (Å²) in [5.74, 6) is 0. The van der Waals surface area contributed by atoms with E-state index in [0.717, 1.165) is 17.3 Å². The molecule has 1 aromatic rings. The Morgan fingerprint density at radius 1 is 1.00 bits per heavy atom. The predicted octanol–water partition coefficient (Wildman–Crippen LogP) is 4.27. The summed E-state index contributed by atoms with van der Waals surface area (Å²) in [4.78, 5) is 0. The molecule has 0 amide bonds. The summed E-state index contributed by atoms with van der Waals surface area (Å²) in [5, 5.41) is 8.10. The van der Waals surface area contributed by atoms with Crippen molar-refractivity contribution in [2.45, 2.75) is 44.1 Å². The number of hydrogen-bond acceptors (Lipinski definition) is 2. The summed E-state index contributed by atoms with van der Waals surface area (Å²) in [6.45, 7) is 1.03. The van der Waals surface area contributed by atoms with Crippen molar-refractivity contribution >= 4 is 23.0 Å². The summed E-state index contributed by atoms with van der Waals surface area (Å²) < 4.78 is 0. The van der Waals surface area contributed by atoms with Gasteiger partial charge in [0, 0.05) is 11.6 Å². The van der Waals surface area contributed by atoms with E-state index in [2.05, 4.69) is 16.7 Å². The lowest BCUT2D eigenvalue weighted by Gasteiger charge is -2.40. The van der Waals surface area contributed by atoms with E-state index in [0.29, 0.717) is 0 Å². The fourth-order valence-electron chi connectivity index (χ4n) is 3.07. The second kappa shape index (κ2) is 4.41. The fraction of sp³-hybridized carbons (Fsp3) is 0.571. The van der Waals surface area contributed by atoms with Gasteiger partial charge in [-0.25, -0.2) is 0 Å². The monoisotopic (exact) mass is 250 g/mol. The molecule has 1 aliphatic heterocycles. The van der Waals surface area contributed by atoms with Gasteiger partial charge in [0.15, 0.2) is 0 Å². The van der Waals surface area contributed by atoms with Crippen molar-refractivity contribution in [1.29, 1.82) is 0 Å². The summed E-state index contributed by atoms with van der Waals surface area (Å²) >= 11 is 6.01. The molecule has 1 saturated carbocycles. The van der Waals surface area contributed by atoms with Gasteiger partial charge in [0.25, 0.3) is 0 Å². The Morgan fingerprint density at radius 3 is 2.53 bits per heavy atom. The van der Waals surface area contributed by atoms with E-state index in [9.17, 15) is 0 Å². The molecule has 0 unspecified atom stereocenters. The van der Waals surface area contributed by atoms with Gasteiger partial charge in [0.2, 0.25) is 0 Å². The Balaban J connectivity index is 1.85. The molecule has 0 radical (unpaired) electrons. The van der Waals surface area contributed by atoms with E-state index in [1.54, 1.807) is 0 Å². The Kier molecular flexibility index (Phi) is 2.91. The second-order valence-electron chi connectivity index (χ2n) is 5.36. The lowest BCUT2D eigenvalue weighted by atomic mass is 9.88. The molecule has 1 heterocycles. The van der Waals surface area contributed by atoms with Gasteiger partial charge in [0.1, 0.15) is 0 Å². The van der Waals surface area contributed by atoms with Crippen molar-refractivity contribution in [2.75, 3.05) is 17.2 Å². The van der Waals surface area contributed by atoms with Crippen LogP contribution in [0.3, 0.4) is 0 Å². The average molecular weight is 251 g/mol. The minimum atomic E-state index is 0.275. The molecule has 0 atom stereocenters. The molecule has 1 spiro atoms. The van der Waals surface area contributed by atoms with E-state index in [1.165, 1.54) is 44.2 Å². The highest BCUT2D eigenvalue weighted by Gasteiger charge is 2.33. The molecule has 17 heavy (non-hydrogen) atoms. The largest absolute Gasteiger partial charge is 0.381 e. The van der Waals surface area contributed by atoms with Gasteiger partial charge in [-0.05, 0) is 31.0 Å². The molecular formula is C14H19ClN2. The normalized spacial score (nSPS) is 22.2. The Hall–Kier alpha value is -0.890. The zero-order valence-electron chi connectivity index (χ0n) is 10.1.